The van der Waals surface area contributed by atoms with Crippen LogP contribution in [-0.4, -0.2) is 180 Å². The fourth-order valence-electron chi connectivity index (χ4n) is 15.0. The summed E-state index contributed by atoms with van der Waals surface area (Å²) in [7, 11) is 0. The lowest BCUT2D eigenvalue weighted by molar-refractivity contribution is -0.369. The molecule has 8 aliphatic rings. The first-order chi connectivity index (χ1) is 30.9. The summed E-state index contributed by atoms with van der Waals surface area (Å²) in [5, 5.41) is 116. The second-order valence-corrected chi connectivity index (χ2v) is 23.5. The van der Waals surface area contributed by atoms with Crippen molar-refractivity contribution in [2.75, 3.05) is 19.8 Å². The lowest BCUT2D eigenvalue weighted by atomic mass is 9.33. The summed E-state index contributed by atoms with van der Waals surface area (Å²) in [4.78, 5) is 14.7. The van der Waals surface area contributed by atoms with Crippen molar-refractivity contribution in [3.63, 3.8) is 0 Å². The van der Waals surface area contributed by atoms with Gasteiger partial charge in [0.1, 0.15) is 73.2 Å². The van der Waals surface area contributed by atoms with Gasteiger partial charge in [0.15, 0.2) is 12.6 Å². The van der Waals surface area contributed by atoms with Crippen molar-refractivity contribution in [3.05, 3.63) is 11.6 Å². The molecule has 8 rings (SSSR count). The SMILES string of the molecule is CC1(C)CC[C@]2(C(=O)O[C@H]3O[C@@H](CO)[C@@H](O)[C@H](O)[C@H]3O)CC[C@]3(C)C(=CC[C@@H]4[C@@]5(C)CC[C@H](O[C@@H]6O[C@H](CO)[C@@H](O)[C@H](O[C@@H]7O[C@H](CO)[C@H](O)[C@H](O)[C@H]7O)[C@H]6O)C(C)(C)[C@@H]5CC[C@]43C)[C@@H]2C1. The minimum atomic E-state index is -1.79. The first-order valence-electron chi connectivity index (χ1n) is 24.3. The number of rotatable bonds is 9. The van der Waals surface area contributed by atoms with Gasteiger partial charge in [0.25, 0.3) is 0 Å². The van der Waals surface area contributed by atoms with Gasteiger partial charge in [-0.25, -0.2) is 0 Å². The van der Waals surface area contributed by atoms with Crippen molar-refractivity contribution in [2.24, 2.45) is 50.2 Å². The number of esters is 1. The van der Waals surface area contributed by atoms with Gasteiger partial charge in [-0.1, -0.05) is 60.1 Å². The predicted octanol–water partition coefficient (Wildman–Crippen LogP) is 0.141. The Bertz CT molecular complexity index is 1790. The number of aliphatic hydroxyl groups is 11. The van der Waals surface area contributed by atoms with Gasteiger partial charge < -0.3 is 84.6 Å². The molecule has 18 heteroatoms. The number of hydrogen-bond donors (Lipinski definition) is 11. The molecule has 5 aliphatic carbocycles. The highest BCUT2D eigenvalue weighted by Gasteiger charge is 2.70. The molecule has 378 valence electrons. The molecule has 0 aromatic heterocycles. The Kier molecular flexibility index (Phi) is 13.9. The van der Waals surface area contributed by atoms with E-state index in [1.165, 1.54) is 5.57 Å². The smallest absolute Gasteiger partial charge is 0.315 e. The Morgan fingerprint density at radius 1 is 0.606 bits per heavy atom. The molecule has 0 unspecified atom stereocenters. The van der Waals surface area contributed by atoms with Crippen LogP contribution in [0.4, 0.5) is 0 Å². The molecule has 7 fully saturated rings. The average Bonchev–Trinajstić information content (AvgIpc) is 3.26. The molecule has 0 bridgehead atoms. The summed E-state index contributed by atoms with van der Waals surface area (Å²) < 4.78 is 35.7. The maximum absolute atomic E-state index is 14.7. The number of hydrogen-bond acceptors (Lipinski definition) is 18. The van der Waals surface area contributed by atoms with Crippen LogP contribution in [0.15, 0.2) is 11.6 Å². The van der Waals surface area contributed by atoms with Crippen LogP contribution >= 0.6 is 0 Å². The predicted molar refractivity (Wildman–Crippen MR) is 230 cm³/mol. The molecule has 23 atom stereocenters. The Hall–Kier alpha value is -1.43. The molecule has 0 amide bonds. The van der Waals surface area contributed by atoms with Gasteiger partial charge in [0.05, 0.1) is 31.3 Å². The molecule has 66 heavy (non-hydrogen) atoms. The van der Waals surface area contributed by atoms with Crippen molar-refractivity contribution in [3.8, 4) is 0 Å². The highest BCUT2D eigenvalue weighted by molar-refractivity contribution is 5.79. The third-order valence-electron chi connectivity index (χ3n) is 19.3. The van der Waals surface area contributed by atoms with Crippen LogP contribution in [0.5, 0.6) is 0 Å². The maximum atomic E-state index is 14.7. The van der Waals surface area contributed by atoms with Crippen LogP contribution in [-0.2, 0) is 33.2 Å². The molecular weight excluding hydrogens is 865 g/mol. The van der Waals surface area contributed by atoms with Crippen molar-refractivity contribution in [1.29, 1.82) is 0 Å². The molecule has 0 spiro atoms. The standard InChI is InChI=1S/C48H78O18/c1-43(2)14-16-48(42(60)66-40-36(58)34(56)31(53)25(20-50)62-40)17-15-46(6)22(23(48)18-43)8-9-28-45(5)12-11-29(44(3,4)27(45)10-13-47(28,46)7)64-41-37(59)38(32(54)26(21-51)63-41)65-39-35(57)33(55)30(52)24(19-49)61-39/h8,23-41,49-59H,9-21H2,1-7H3/t23-,24+,25-,26+,27-,28+,29-,30-,31+,32+,33-,34-,35+,36+,37+,38-,39-,40+,41-,45-,46+,47+,48-/m0/s1. The lowest BCUT2D eigenvalue weighted by Gasteiger charge is -2.71. The highest BCUT2D eigenvalue weighted by Crippen LogP contribution is 2.76. The number of carbonyl (C=O) groups excluding carboxylic acids is 1. The van der Waals surface area contributed by atoms with Gasteiger partial charge in [-0.2, -0.15) is 0 Å². The summed E-state index contributed by atoms with van der Waals surface area (Å²) in [6, 6.07) is 0. The minimum Gasteiger partial charge on any atom is -0.432 e. The Morgan fingerprint density at radius 3 is 1.76 bits per heavy atom. The van der Waals surface area contributed by atoms with Gasteiger partial charge in [0, 0.05) is 0 Å². The van der Waals surface area contributed by atoms with E-state index in [4.69, 9.17) is 28.4 Å². The van der Waals surface area contributed by atoms with E-state index < -0.39 is 135 Å². The molecule has 0 radical (unpaired) electrons. The number of ether oxygens (including phenoxy) is 6. The molecule has 4 saturated carbocycles. The largest absolute Gasteiger partial charge is 0.432 e. The van der Waals surface area contributed by atoms with Gasteiger partial charge in [-0.15, -0.1) is 0 Å². The monoisotopic (exact) mass is 943 g/mol. The quantitative estimate of drug-likeness (QED) is 0.0833. The second-order valence-electron chi connectivity index (χ2n) is 23.5. The second kappa shape index (κ2) is 18.0. The molecular formula is C48H78O18. The van der Waals surface area contributed by atoms with E-state index in [2.05, 4.69) is 54.5 Å². The van der Waals surface area contributed by atoms with Gasteiger partial charge in [-0.3, -0.25) is 4.79 Å². The van der Waals surface area contributed by atoms with Crippen molar-refractivity contribution < 1.29 is 89.4 Å². The lowest BCUT2D eigenvalue weighted by Crippen LogP contribution is -2.67. The van der Waals surface area contributed by atoms with Crippen LogP contribution in [0.2, 0.25) is 0 Å². The minimum absolute atomic E-state index is 0.0581. The summed E-state index contributed by atoms with van der Waals surface area (Å²) in [5.41, 5.74) is -0.674. The van der Waals surface area contributed by atoms with E-state index in [9.17, 15) is 61.0 Å². The average molecular weight is 943 g/mol. The third-order valence-corrected chi connectivity index (χ3v) is 19.3. The summed E-state index contributed by atoms with van der Waals surface area (Å²) in [6.07, 6.45) is -13.7. The van der Waals surface area contributed by atoms with E-state index in [0.717, 1.165) is 44.9 Å². The molecule has 11 N–H and O–H groups in total. The fourth-order valence-corrected chi connectivity index (χ4v) is 15.0. The summed E-state index contributed by atoms with van der Waals surface area (Å²) in [5.74, 6) is -0.189. The van der Waals surface area contributed by atoms with Gasteiger partial charge in [0.2, 0.25) is 6.29 Å². The molecule has 18 nitrogen and oxygen atoms in total. The van der Waals surface area contributed by atoms with E-state index in [1.807, 2.05) is 0 Å². The van der Waals surface area contributed by atoms with Gasteiger partial charge >= 0.3 is 5.97 Å². The molecule has 3 aliphatic heterocycles. The Balaban J connectivity index is 1.02. The van der Waals surface area contributed by atoms with Crippen LogP contribution in [0.25, 0.3) is 0 Å². The zero-order valence-electron chi connectivity index (χ0n) is 39.5. The van der Waals surface area contributed by atoms with Crippen molar-refractivity contribution in [2.45, 2.75) is 211 Å². The maximum Gasteiger partial charge on any atom is 0.315 e. The molecule has 0 aromatic rings. The van der Waals surface area contributed by atoms with E-state index in [1.54, 1.807) is 0 Å². The fraction of sp³-hybridized carbons (Fsp3) is 0.938. The summed E-state index contributed by atoms with van der Waals surface area (Å²) in [6.45, 7) is 14.1. The normalized spacial score (nSPS) is 53.3. The van der Waals surface area contributed by atoms with Crippen molar-refractivity contribution in [1.82, 2.24) is 0 Å². The molecule has 3 heterocycles. The van der Waals surface area contributed by atoms with E-state index in [0.29, 0.717) is 19.3 Å². The number of aliphatic hydroxyl groups excluding tert-OH is 11. The summed E-state index contributed by atoms with van der Waals surface area (Å²) >= 11 is 0. The zero-order chi connectivity index (χ0) is 48.3. The Labute approximate surface area is 387 Å². The molecule has 0 aromatic carbocycles. The third kappa shape index (κ3) is 7.87. The van der Waals surface area contributed by atoms with Crippen molar-refractivity contribution >= 4 is 5.97 Å². The first-order valence-corrected chi connectivity index (χ1v) is 24.3. The topological polar surface area (TPSA) is 295 Å². The Morgan fingerprint density at radius 2 is 1.15 bits per heavy atom. The number of fused-ring (bicyclic) bond motifs is 7. The van der Waals surface area contributed by atoms with Crippen LogP contribution in [0.1, 0.15) is 113 Å². The van der Waals surface area contributed by atoms with Crippen LogP contribution < -0.4 is 0 Å². The zero-order valence-corrected chi connectivity index (χ0v) is 39.5. The van der Waals surface area contributed by atoms with E-state index in [-0.39, 0.29) is 39.4 Å². The van der Waals surface area contributed by atoms with Crippen LogP contribution in [0, 0.1) is 50.2 Å². The highest BCUT2D eigenvalue weighted by atomic mass is 16.7. The van der Waals surface area contributed by atoms with E-state index >= 15 is 0 Å². The number of allylic oxidation sites excluding steroid dienone is 2. The first kappa shape index (κ1) is 50.9. The number of carbonyl (C=O) groups is 1. The van der Waals surface area contributed by atoms with Crippen LogP contribution in [0.3, 0.4) is 0 Å². The van der Waals surface area contributed by atoms with Gasteiger partial charge in [-0.05, 0) is 109 Å². The molecule has 3 saturated heterocycles.